The second-order valence-corrected chi connectivity index (χ2v) is 13.3. The third-order valence-electron chi connectivity index (χ3n) is 8.21. The molecule has 11 nitrogen and oxygen atoms in total. The Bertz CT molecular complexity index is 1630. The molecule has 2 bridgehead atoms. The molecule has 46 heavy (non-hydrogen) atoms. The fourth-order valence-corrected chi connectivity index (χ4v) is 7.18. The number of nitrogens with one attached hydrogen (secondary N) is 2. The van der Waals surface area contributed by atoms with E-state index >= 15 is 4.39 Å². The quantitative estimate of drug-likeness (QED) is 0.102. The number of aromatic nitrogens is 2. The van der Waals surface area contributed by atoms with Crippen molar-refractivity contribution >= 4 is 39.2 Å². The van der Waals surface area contributed by atoms with Crippen molar-refractivity contribution in [2.24, 2.45) is 10.7 Å². The summed E-state index contributed by atoms with van der Waals surface area (Å²) in [6, 6.07) is 4.59. The predicted octanol–water partition coefficient (Wildman–Crippen LogP) is 4.32. The fourth-order valence-electron chi connectivity index (χ4n) is 5.95. The lowest BCUT2D eigenvalue weighted by molar-refractivity contribution is -0.126. The van der Waals surface area contributed by atoms with Crippen LogP contribution in [0.1, 0.15) is 44.6 Å². The highest BCUT2D eigenvalue weighted by molar-refractivity contribution is 7.23. The van der Waals surface area contributed by atoms with Crippen LogP contribution in [0.4, 0.5) is 23.2 Å². The number of aliphatic imine (C=N–C) groups is 1. The summed E-state index contributed by atoms with van der Waals surface area (Å²) in [4.78, 5) is 23.4. The van der Waals surface area contributed by atoms with Gasteiger partial charge in [0.2, 0.25) is 11.7 Å². The number of halogens is 4. The van der Waals surface area contributed by atoms with Crippen LogP contribution in [-0.4, -0.2) is 89.0 Å². The monoisotopic (exact) mass is 667 g/mol. The number of hydrogen-bond donors (Lipinski definition) is 4. The Morgan fingerprint density at radius 1 is 1.33 bits per heavy atom. The van der Waals surface area contributed by atoms with Gasteiger partial charge in [0.15, 0.2) is 5.88 Å². The van der Waals surface area contributed by atoms with Crippen LogP contribution in [0.2, 0.25) is 0 Å². The summed E-state index contributed by atoms with van der Waals surface area (Å²) in [5.41, 5.74) is 5.09. The molecule has 1 amide bonds. The number of methoxy groups -OCH3 is 1. The fraction of sp³-hybridized carbons (Fsp3) is 0.533. The molecular formula is C30H37F4N7O4S. The van der Waals surface area contributed by atoms with Gasteiger partial charge >= 0.3 is 6.18 Å². The summed E-state index contributed by atoms with van der Waals surface area (Å²) < 4.78 is 67.7. The largest absolute Gasteiger partial charge is 0.482 e. The molecule has 2 fully saturated rings. The van der Waals surface area contributed by atoms with Crippen molar-refractivity contribution in [1.82, 2.24) is 20.4 Å². The van der Waals surface area contributed by atoms with E-state index in [1.807, 2.05) is 7.05 Å². The van der Waals surface area contributed by atoms with Crippen molar-refractivity contribution in [3.8, 4) is 10.7 Å². The number of piperidine rings is 1. The molecule has 3 aromatic rings. The summed E-state index contributed by atoms with van der Waals surface area (Å²) in [5.74, 6) is -1.05. The number of fused-ring (bicyclic) bond motifs is 3. The molecule has 0 radical (unpaired) electrons. The van der Waals surface area contributed by atoms with Gasteiger partial charge < -0.3 is 30.7 Å². The summed E-state index contributed by atoms with van der Waals surface area (Å²) in [6.45, 7) is 2.82. The number of aliphatic hydroxyl groups is 1. The van der Waals surface area contributed by atoms with Gasteiger partial charge in [-0.05, 0) is 57.2 Å². The molecule has 2 aliphatic rings. The van der Waals surface area contributed by atoms with Crippen LogP contribution in [0.15, 0.2) is 39.2 Å². The van der Waals surface area contributed by atoms with Crippen LogP contribution in [-0.2, 0) is 22.5 Å². The average molecular weight is 668 g/mol. The summed E-state index contributed by atoms with van der Waals surface area (Å²) in [6.07, 6.45) is -3.43. The van der Waals surface area contributed by atoms with E-state index in [4.69, 9.17) is 15.0 Å². The van der Waals surface area contributed by atoms with E-state index in [1.54, 1.807) is 32.0 Å². The second kappa shape index (κ2) is 13.2. The Morgan fingerprint density at radius 3 is 2.78 bits per heavy atom. The molecule has 2 aromatic heterocycles. The lowest BCUT2D eigenvalue weighted by atomic mass is 9.95. The van der Waals surface area contributed by atoms with Gasteiger partial charge in [0.05, 0.1) is 53.5 Å². The predicted molar refractivity (Wildman–Crippen MR) is 166 cm³/mol. The first kappa shape index (κ1) is 33.6. The Morgan fingerprint density at radius 2 is 2.09 bits per heavy atom. The molecule has 250 valence electrons. The molecule has 4 atom stereocenters. The number of benzene rings is 1. The van der Waals surface area contributed by atoms with E-state index in [0.717, 1.165) is 24.2 Å². The molecule has 0 spiro atoms. The first-order valence-electron chi connectivity index (χ1n) is 14.8. The molecule has 0 saturated carbocycles. The highest BCUT2D eigenvalue weighted by atomic mass is 32.1. The number of anilines is 1. The molecule has 2 aliphatic heterocycles. The normalized spacial score (nSPS) is 22.8. The van der Waals surface area contributed by atoms with E-state index in [2.05, 4.69) is 30.7 Å². The van der Waals surface area contributed by atoms with Crippen molar-refractivity contribution in [3.63, 3.8) is 0 Å². The molecule has 16 heteroatoms. The van der Waals surface area contributed by atoms with Crippen LogP contribution in [0.25, 0.3) is 20.8 Å². The van der Waals surface area contributed by atoms with Crippen molar-refractivity contribution in [2.75, 3.05) is 26.0 Å². The number of ether oxygens (including phenoxy) is 1. The van der Waals surface area contributed by atoms with Gasteiger partial charge in [-0.25, -0.2) is 4.39 Å². The van der Waals surface area contributed by atoms with Gasteiger partial charge in [0.1, 0.15) is 11.7 Å². The van der Waals surface area contributed by atoms with Crippen molar-refractivity contribution in [2.45, 2.75) is 82.2 Å². The zero-order valence-corrected chi connectivity index (χ0v) is 26.6. The lowest BCUT2D eigenvalue weighted by Crippen LogP contribution is -2.53. The Hall–Kier alpha value is -3.76. The molecule has 2 saturated heterocycles. The first-order chi connectivity index (χ1) is 21.6. The summed E-state index contributed by atoms with van der Waals surface area (Å²) in [5, 5.41) is 20.0. The summed E-state index contributed by atoms with van der Waals surface area (Å²) >= 11 is 1.07. The zero-order chi connectivity index (χ0) is 33.4. The number of carbonyl (C=O) groups is 1. The molecular weight excluding hydrogens is 630 g/mol. The van der Waals surface area contributed by atoms with Crippen LogP contribution in [0.5, 0.6) is 0 Å². The molecule has 1 aromatic carbocycles. The van der Waals surface area contributed by atoms with Crippen molar-refractivity contribution < 1.29 is 36.7 Å². The maximum Gasteiger partial charge on any atom is 0.393 e. The Kier molecular flexibility index (Phi) is 9.61. The lowest BCUT2D eigenvalue weighted by Gasteiger charge is -2.39. The maximum absolute atomic E-state index is 15.5. The highest BCUT2D eigenvalue weighted by Crippen LogP contribution is 2.45. The van der Waals surface area contributed by atoms with Gasteiger partial charge in [-0.2, -0.15) is 18.2 Å². The average Bonchev–Trinajstić information content (AvgIpc) is 3.66. The van der Waals surface area contributed by atoms with Crippen molar-refractivity contribution in [3.05, 3.63) is 41.1 Å². The minimum atomic E-state index is -4.53. The molecule has 4 heterocycles. The zero-order valence-electron chi connectivity index (χ0n) is 25.8. The Labute approximate surface area is 266 Å². The van der Waals surface area contributed by atoms with E-state index < -0.39 is 36.3 Å². The number of amides is 1. The highest BCUT2D eigenvalue weighted by Gasteiger charge is 2.46. The standard InChI is InChI=1S/C30H37F4N7O4S/c1-29(2,43)14-36-12-18(26(35)44-4)28(42)37-13-22-39-27(40-45-22)25-17(11-30(32,33)34)16-6-5-7-19(24(16)46-25)38-20-10-15-8-9-21(23(20)31)41(15)3/h5-7,12,15,20-21,23,38,43H,8-11,13-14,35H2,1-4H3,(H,37,42)/b26-18-,36-12?. The number of thiophene rings is 1. The maximum atomic E-state index is 15.5. The minimum absolute atomic E-state index is 0.00610. The topological polar surface area (TPSA) is 151 Å². The second-order valence-electron chi connectivity index (χ2n) is 12.2. The van der Waals surface area contributed by atoms with Gasteiger partial charge in [0, 0.05) is 18.3 Å². The van der Waals surface area contributed by atoms with E-state index in [0.29, 0.717) is 22.2 Å². The third kappa shape index (κ3) is 7.44. The van der Waals surface area contributed by atoms with Crippen LogP contribution < -0.4 is 16.4 Å². The number of nitrogens with zero attached hydrogens (tertiary/aromatic N) is 4. The third-order valence-corrected chi connectivity index (χ3v) is 9.49. The van der Waals surface area contributed by atoms with Crippen LogP contribution >= 0.6 is 11.3 Å². The number of hydrogen-bond acceptors (Lipinski definition) is 11. The van der Waals surface area contributed by atoms with E-state index in [9.17, 15) is 23.1 Å². The van der Waals surface area contributed by atoms with Crippen LogP contribution in [0.3, 0.4) is 0 Å². The van der Waals surface area contributed by atoms with Crippen LogP contribution in [0, 0.1) is 0 Å². The Balaban J connectivity index is 1.39. The van der Waals surface area contributed by atoms with Gasteiger partial charge in [0.25, 0.3) is 5.91 Å². The molecule has 4 unspecified atom stereocenters. The molecule has 5 N–H and O–H groups in total. The number of carbonyl (C=O) groups excluding carboxylic acids is 1. The summed E-state index contributed by atoms with van der Waals surface area (Å²) in [7, 11) is 3.21. The number of alkyl halides is 4. The van der Waals surface area contributed by atoms with Gasteiger partial charge in [-0.15, -0.1) is 11.3 Å². The van der Waals surface area contributed by atoms with Crippen molar-refractivity contribution in [1.29, 1.82) is 0 Å². The van der Waals surface area contributed by atoms with Gasteiger partial charge in [-0.3, -0.25) is 14.7 Å². The number of nitrogens with two attached hydrogens (primary N) is 1. The van der Waals surface area contributed by atoms with Gasteiger partial charge in [-0.1, -0.05) is 17.3 Å². The van der Waals surface area contributed by atoms with E-state index in [-0.39, 0.29) is 58.8 Å². The minimum Gasteiger partial charge on any atom is -0.482 e. The molecule has 5 rings (SSSR count). The van der Waals surface area contributed by atoms with E-state index in [1.165, 1.54) is 13.3 Å². The number of rotatable bonds is 11. The first-order valence-corrected chi connectivity index (χ1v) is 15.6. The smallest absolute Gasteiger partial charge is 0.393 e. The SMILES string of the molecule is CO/C(N)=C(/C=NCC(C)(C)O)C(=O)NCc1nc(-c2sc3c(NC4CC5CCC(C4F)N5C)cccc3c2CC(F)(F)F)no1. The molecule has 0 aliphatic carbocycles.